The smallest absolute Gasteiger partial charge is 0.247 e. The van der Waals surface area contributed by atoms with Gasteiger partial charge in [0.15, 0.2) is 5.69 Å². The van der Waals surface area contributed by atoms with Crippen molar-refractivity contribution < 1.29 is 4.42 Å². The zero-order valence-electron chi connectivity index (χ0n) is 8.09. The molecule has 1 N–H and O–H groups in total. The fourth-order valence-electron chi connectivity index (χ4n) is 1.97. The fourth-order valence-corrected chi connectivity index (χ4v) is 2.10. The first-order valence-electron chi connectivity index (χ1n) is 4.95. The standard InChI is InChI=1S/C10H10ClN3O/c11-4-6-5-12-10(15-6)9-7-2-1-3-8(7)13-14-9/h5H,1-4H2,(H,13,14). The monoisotopic (exact) mass is 223 g/mol. The van der Waals surface area contributed by atoms with Gasteiger partial charge >= 0.3 is 0 Å². The fraction of sp³-hybridized carbons (Fsp3) is 0.400. The van der Waals surface area contributed by atoms with Gasteiger partial charge in [0.2, 0.25) is 5.89 Å². The highest BCUT2D eigenvalue weighted by molar-refractivity contribution is 6.16. The van der Waals surface area contributed by atoms with Crippen LogP contribution in [0, 0.1) is 0 Å². The normalized spacial score (nSPS) is 14.5. The zero-order valence-corrected chi connectivity index (χ0v) is 8.84. The molecule has 0 atom stereocenters. The van der Waals surface area contributed by atoms with Crippen molar-refractivity contribution in [3.05, 3.63) is 23.2 Å². The Morgan fingerprint density at radius 3 is 3.20 bits per heavy atom. The zero-order chi connectivity index (χ0) is 10.3. The lowest BCUT2D eigenvalue weighted by Crippen LogP contribution is -1.83. The van der Waals surface area contributed by atoms with Crippen LogP contribution in [0.5, 0.6) is 0 Å². The minimum Gasteiger partial charge on any atom is -0.439 e. The predicted molar refractivity (Wildman–Crippen MR) is 55.7 cm³/mol. The molecule has 2 aromatic rings. The van der Waals surface area contributed by atoms with Gasteiger partial charge in [-0.1, -0.05) is 0 Å². The van der Waals surface area contributed by atoms with E-state index < -0.39 is 0 Å². The Morgan fingerprint density at radius 1 is 1.47 bits per heavy atom. The number of rotatable bonds is 2. The number of halogens is 1. The van der Waals surface area contributed by atoms with Gasteiger partial charge in [0.1, 0.15) is 5.76 Å². The third kappa shape index (κ3) is 1.36. The Labute approximate surface area is 91.7 Å². The highest BCUT2D eigenvalue weighted by Crippen LogP contribution is 2.29. The molecular formula is C10H10ClN3O. The van der Waals surface area contributed by atoms with Crippen LogP contribution in [-0.2, 0) is 18.7 Å². The maximum Gasteiger partial charge on any atom is 0.247 e. The van der Waals surface area contributed by atoms with Crippen molar-refractivity contribution in [2.24, 2.45) is 0 Å². The summed E-state index contributed by atoms with van der Waals surface area (Å²) in [6.45, 7) is 0. The van der Waals surface area contributed by atoms with Crippen molar-refractivity contribution in [1.82, 2.24) is 15.2 Å². The Bertz CT molecular complexity index is 489. The maximum atomic E-state index is 5.66. The van der Waals surface area contributed by atoms with Crippen LogP contribution in [-0.4, -0.2) is 15.2 Å². The Morgan fingerprint density at radius 2 is 2.40 bits per heavy atom. The van der Waals surface area contributed by atoms with E-state index >= 15 is 0 Å². The van der Waals surface area contributed by atoms with E-state index in [0.29, 0.717) is 17.5 Å². The highest BCUT2D eigenvalue weighted by Gasteiger charge is 2.22. The third-order valence-electron chi connectivity index (χ3n) is 2.69. The summed E-state index contributed by atoms with van der Waals surface area (Å²) in [5.74, 6) is 1.60. The lowest BCUT2D eigenvalue weighted by molar-refractivity contribution is 0.534. The number of aromatic nitrogens is 3. The Kier molecular flexibility index (Phi) is 2.02. The molecule has 3 rings (SSSR count). The van der Waals surface area contributed by atoms with E-state index in [-0.39, 0.29) is 0 Å². The summed E-state index contributed by atoms with van der Waals surface area (Å²) in [5, 5.41) is 7.26. The van der Waals surface area contributed by atoms with Crippen molar-refractivity contribution in [1.29, 1.82) is 0 Å². The van der Waals surface area contributed by atoms with Crippen molar-refractivity contribution in [2.75, 3.05) is 0 Å². The molecular weight excluding hydrogens is 214 g/mol. The van der Waals surface area contributed by atoms with Crippen molar-refractivity contribution >= 4 is 11.6 Å². The van der Waals surface area contributed by atoms with Crippen LogP contribution in [0.15, 0.2) is 10.6 Å². The van der Waals surface area contributed by atoms with Gasteiger partial charge in [0, 0.05) is 11.3 Å². The van der Waals surface area contributed by atoms with Gasteiger partial charge in [-0.05, 0) is 19.3 Å². The molecule has 0 aliphatic heterocycles. The van der Waals surface area contributed by atoms with Crippen LogP contribution < -0.4 is 0 Å². The van der Waals surface area contributed by atoms with Crippen LogP contribution in [0.25, 0.3) is 11.6 Å². The molecule has 1 aliphatic carbocycles. The molecule has 0 spiro atoms. The summed E-state index contributed by atoms with van der Waals surface area (Å²) in [7, 11) is 0. The van der Waals surface area contributed by atoms with E-state index in [1.807, 2.05) is 0 Å². The lowest BCUT2D eigenvalue weighted by Gasteiger charge is -1.92. The first-order chi connectivity index (χ1) is 7.38. The molecule has 15 heavy (non-hydrogen) atoms. The van der Waals surface area contributed by atoms with E-state index in [2.05, 4.69) is 15.2 Å². The molecule has 0 saturated heterocycles. The van der Waals surface area contributed by atoms with Gasteiger partial charge in [-0.2, -0.15) is 5.10 Å². The van der Waals surface area contributed by atoms with Gasteiger partial charge in [-0.15, -0.1) is 11.6 Å². The van der Waals surface area contributed by atoms with Crippen LogP contribution in [0.3, 0.4) is 0 Å². The number of nitrogens with zero attached hydrogens (tertiary/aromatic N) is 2. The van der Waals surface area contributed by atoms with Gasteiger partial charge in [-0.3, -0.25) is 5.10 Å². The van der Waals surface area contributed by atoms with E-state index in [1.165, 1.54) is 17.7 Å². The maximum absolute atomic E-state index is 5.66. The van der Waals surface area contributed by atoms with Crippen molar-refractivity contribution in [3.63, 3.8) is 0 Å². The second-order valence-electron chi connectivity index (χ2n) is 3.65. The molecule has 0 bridgehead atoms. The van der Waals surface area contributed by atoms with Gasteiger partial charge in [0.25, 0.3) is 0 Å². The molecule has 0 aromatic carbocycles. The van der Waals surface area contributed by atoms with E-state index in [4.69, 9.17) is 16.0 Å². The average Bonchev–Trinajstić information content (AvgIpc) is 2.92. The Hall–Kier alpha value is -1.29. The SMILES string of the molecule is ClCc1cnc(-c2n[nH]c3c2CCC3)o1. The van der Waals surface area contributed by atoms with Crippen molar-refractivity contribution in [3.8, 4) is 11.6 Å². The molecule has 0 saturated carbocycles. The lowest BCUT2D eigenvalue weighted by atomic mass is 10.2. The quantitative estimate of drug-likeness (QED) is 0.795. The topological polar surface area (TPSA) is 54.7 Å². The number of alkyl halides is 1. The number of aryl methyl sites for hydroxylation is 1. The molecule has 0 radical (unpaired) electrons. The second-order valence-corrected chi connectivity index (χ2v) is 3.92. The predicted octanol–water partition coefficient (Wildman–Crippen LogP) is 2.29. The van der Waals surface area contributed by atoms with E-state index in [1.54, 1.807) is 6.20 Å². The summed E-state index contributed by atoms with van der Waals surface area (Å²) in [6.07, 6.45) is 4.96. The number of oxazole rings is 1. The first kappa shape index (κ1) is 8.97. The number of hydrogen-bond acceptors (Lipinski definition) is 3. The molecule has 0 amide bonds. The molecule has 5 heteroatoms. The summed E-state index contributed by atoms with van der Waals surface area (Å²) in [5.41, 5.74) is 3.31. The molecule has 2 aromatic heterocycles. The molecule has 78 valence electrons. The van der Waals surface area contributed by atoms with Crippen LogP contribution >= 0.6 is 11.6 Å². The van der Waals surface area contributed by atoms with Crippen LogP contribution in [0.1, 0.15) is 23.4 Å². The number of hydrogen-bond donors (Lipinski definition) is 1. The third-order valence-corrected chi connectivity index (χ3v) is 2.96. The summed E-state index contributed by atoms with van der Waals surface area (Å²) in [6, 6.07) is 0. The first-order valence-corrected chi connectivity index (χ1v) is 5.49. The summed E-state index contributed by atoms with van der Waals surface area (Å²) in [4.78, 5) is 4.17. The highest BCUT2D eigenvalue weighted by atomic mass is 35.5. The van der Waals surface area contributed by atoms with E-state index in [9.17, 15) is 0 Å². The molecule has 0 unspecified atom stereocenters. The minimum absolute atomic E-state index is 0.347. The second kappa shape index (κ2) is 3.38. The molecule has 0 fully saturated rings. The molecule has 1 aliphatic rings. The van der Waals surface area contributed by atoms with Crippen LogP contribution in [0.2, 0.25) is 0 Å². The molecule has 4 nitrogen and oxygen atoms in total. The summed E-state index contributed by atoms with van der Waals surface area (Å²) < 4.78 is 5.48. The van der Waals surface area contributed by atoms with Gasteiger partial charge in [0.05, 0.1) is 12.1 Å². The minimum atomic E-state index is 0.347. The number of aromatic amines is 1. The van der Waals surface area contributed by atoms with Crippen molar-refractivity contribution in [2.45, 2.75) is 25.1 Å². The Balaban J connectivity index is 2.05. The number of fused-ring (bicyclic) bond motifs is 1. The number of H-pyrrole nitrogens is 1. The van der Waals surface area contributed by atoms with Crippen LogP contribution in [0.4, 0.5) is 0 Å². The van der Waals surface area contributed by atoms with Gasteiger partial charge < -0.3 is 4.42 Å². The largest absolute Gasteiger partial charge is 0.439 e. The average molecular weight is 224 g/mol. The van der Waals surface area contributed by atoms with Gasteiger partial charge in [-0.25, -0.2) is 4.98 Å². The molecule has 2 heterocycles. The summed E-state index contributed by atoms with van der Waals surface area (Å²) >= 11 is 5.66. The van der Waals surface area contributed by atoms with E-state index in [0.717, 1.165) is 18.5 Å². The number of nitrogens with one attached hydrogen (secondary N) is 1.